The first kappa shape index (κ1) is 84.7. The molecule has 0 saturated carbocycles. The molecule has 20 nitrogen and oxygen atoms in total. The van der Waals surface area contributed by atoms with Crippen LogP contribution < -0.4 is 5.32 Å². The number of hydrogen-bond acceptors (Lipinski definition) is 16. The molecule has 0 radical (unpaired) electrons. The second-order valence-corrected chi connectivity index (χ2v) is 27.0. The molecule has 2 saturated heterocycles. The minimum Gasteiger partial charge on any atom is -0.480 e. The van der Waals surface area contributed by atoms with Crippen molar-refractivity contribution in [3.63, 3.8) is 0 Å². The van der Waals surface area contributed by atoms with E-state index < -0.39 is 120 Å². The Balaban J connectivity index is 2.51. The number of ether oxygens (including phenoxy) is 9. The summed E-state index contributed by atoms with van der Waals surface area (Å²) in [7, 11) is -5.41. The van der Waals surface area contributed by atoms with Gasteiger partial charge in [-0.15, -0.1) is 0 Å². The minimum absolute atomic E-state index is 0.0597. The number of amides is 1. The van der Waals surface area contributed by atoms with Crippen LogP contribution >= 0.6 is 7.82 Å². The number of allylic oxidation sites excluding steroid dienone is 2. The van der Waals surface area contributed by atoms with E-state index in [4.69, 9.17) is 48.5 Å². The quantitative estimate of drug-likeness (QED) is 0.0143. The van der Waals surface area contributed by atoms with Gasteiger partial charge in [0, 0.05) is 26.2 Å². The number of phosphoric acid groups is 1. The van der Waals surface area contributed by atoms with E-state index in [1.54, 1.807) is 0 Å². The molecule has 2 unspecified atom stereocenters. The Kier molecular flexibility index (Phi) is 53.2. The zero-order valence-corrected chi connectivity index (χ0v) is 59.3. The lowest BCUT2D eigenvalue weighted by molar-refractivity contribution is -0.330. The van der Waals surface area contributed by atoms with Crippen LogP contribution in [0.3, 0.4) is 0 Å². The van der Waals surface area contributed by atoms with Crippen molar-refractivity contribution in [1.29, 1.82) is 0 Å². The van der Waals surface area contributed by atoms with Gasteiger partial charge in [-0.1, -0.05) is 264 Å². The van der Waals surface area contributed by atoms with E-state index in [1.165, 1.54) is 109 Å². The minimum atomic E-state index is -5.41. The molecule has 0 aliphatic carbocycles. The first-order valence-corrected chi connectivity index (χ1v) is 38.6. The number of carboxylic acid groups (broad SMARTS) is 1. The molecular formula is C72H134NO19P. The van der Waals surface area contributed by atoms with Crippen molar-refractivity contribution in [3.05, 3.63) is 24.8 Å². The smallest absolute Gasteiger partial charge is 0.480 e. The molecule has 0 aromatic heterocycles. The summed E-state index contributed by atoms with van der Waals surface area (Å²) in [6.07, 6.45) is 33.6. The number of unbranched alkanes of at least 4 members (excludes halogenated alkanes) is 34. The van der Waals surface area contributed by atoms with Crippen molar-refractivity contribution < 1.29 is 92.6 Å². The van der Waals surface area contributed by atoms with Crippen molar-refractivity contribution in [3.8, 4) is 0 Å². The molecule has 1 amide bonds. The van der Waals surface area contributed by atoms with E-state index in [9.17, 15) is 44.1 Å². The van der Waals surface area contributed by atoms with Gasteiger partial charge < -0.3 is 73.1 Å². The number of carbonyl (C=O) groups is 3. The molecule has 0 aromatic rings. The second kappa shape index (κ2) is 58.4. The summed E-state index contributed by atoms with van der Waals surface area (Å²) in [4.78, 5) is 60.1. The molecule has 6 N–H and O–H groups in total. The van der Waals surface area contributed by atoms with Crippen molar-refractivity contribution in [2.45, 2.75) is 371 Å². The Morgan fingerprint density at radius 1 is 0.538 bits per heavy atom. The lowest BCUT2D eigenvalue weighted by Crippen LogP contribution is -2.67. The monoisotopic (exact) mass is 1350 g/mol. The average Bonchev–Trinajstić information content (AvgIpc) is 0.790. The van der Waals surface area contributed by atoms with Crippen LogP contribution in [0.25, 0.3) is 0 Å². The van der Waals surface area contributed by atoms with Crippen molar-refractivity contribution in [2.75, 3.05) is 46.2 Å². The van der Waals surface area contributed by atoms with Crippen molar-refractivity contribution in [1.82, 2.24) is 5.32 Å². The summed E-state index contributed by atoms with van der Waals surface area (Å²) < 4.78 is 82.4. The van der Waals surface area contributed by atoms with Gasteiger partial charge in [0.1, 0.15) is 68.6 Å². The standard InChI is InChI=1S/C72H134NO19P/c1-6-11-15-19-22-25-28-30-31-32-33-35-38-42-46-50-62(75)73-64-67(85-55-51-59(74)49-45-41-18-14-9-4)66(92-93(80,81)82)61(57-89-72(79)86-52-10-5)91-70(64)87-56-60-65(78)68(83-53-47-43-39-36-27-24-21-17-13-8-3)69(71(90-60)88-58-63(76)77)84-54-48-44-40-37-34-29-26-23-20-16-12-7-2/h10,25,28,59-61,64-71,74,78H,5-9,11-24,26-27,29-58H2,1-4H3,(H,73,75)(H,76,77)(H2,80,81,82)/b28-25-/t59-,60-,61-,64-,65-,66-,67-,68+,69-,70-,71?/m1/s1/i54D/t54?,59-,60-,61-,64-,65-,66-,67-,68+,69-,70-,71?. The van der Waals surface area contributed by atoms with E-state index in [2.05, 4.69) is 51.7 Å². The lowest BCUT2D eigenvalue weighted by Gasteiger charge is -2.47. The molecule has 0 spiro atoms. The van der Waals surface area contributed by atoms with Gasteiger partial charge >= 0.3 is 19.9 Å². The van der Waals surface area contributed by atoms with E-state index in [-0.39, 0.29) is 32.7 Å². The number of aliphatic hydroxyl groups excluding tert-OH is 2. The van der Waals surface area contributed by atoms with Gasteiger partial charge in [0.2, 0.25) is 5.91 Å². The Hall–Kier alpha value is -2.56. The summed E-state index contributed by atoms with van der Waals surface area (Å²) in [6, 6.07) is -1.40. The number of carbonyl (C=O) groups excluding carboxylic acids is 2. The molecule has 546 valence electrons. The van der Waals surface area contributed by atoms with Gasteiger partial charge in [-0.3, -0.25) is 9.32 Å². The summed E-state index contributed by atoms with van der Waals surface area (Å²) in [6.45, 7) is 8.95. The molecule has 0 aromatic carbocycles. The average molecular weight is 1350 g/mol. The van der Waals surface area contributed by atoms with E-state index in [1.807, 2.05) is 0 Å². The maximum absolute atomic E-state index is 14.2. The summed E-state index contributed by atoms with van der Waals surface area (Å²) in [5, 5.41) is 36.4. The highest BCUT2D eigenvalue weighted by Crippen LogP contribution is 2.43. The second-order valence-electron chi connectivity index (χ2n) is 25.9. The van der Waals surface area contributed by atoms with Crippen LogP contribution in [0, 0.1) is 0 Å². The molecule has 0 bridgehead atoms. The third-order valence-corrected chi connectivity index (χ3v) is 17.9. The fraction of sp³-hybridized carbons (Fsp3) is 0.903. The fourth-order valence-corrected chi connectivity index (χ4v) is 12.5. The number of aliphatic hydroxyl groups is 2. The number of rotatable bonds is 64. The van der Waals surface area contributed by atoms with Gasteiger partial charge in [0.15, 0.2) is 12.6 Å². The Labute approximate surface area is 563 Å². The van der Waals surface area contributed by atoms with Crippen LogP contribution in [0.4, 0.5) is 4.79 Å². The number of nitrogens with one attached hydrogen (secondary N) is 1. The molecule has 2 rings (SSSR count). The maximum Gasteiger partial charge on any atom is 0.508 e. The third-order valence-electron chi connectivity index (χ3n) is 17.4. The van der Waals surface area contributed by atoms with Crippen molar-refractivity contribution in [2.24, 2.45) is 0 Å². The Morgan fingerprint density at radius 3 is 1.56 bits per heavy atom. The van der Waals surface area contributed by atoms with Crippen LogP contribution in [-0.2, 0) is 61.3 Å². The predicted molar refractivity (Wildman–Crippen MR) is 365 cm³/mol. The van der Waals surface area contributed by atoms with Gasteiger partial charge in [0.05, 0.1) is 14.1 Å². The Bertz CT molecular complexity index is 1920. The molecule has 93 heavy (non-hydrogen) atoms. The fourth-order valence-electron chi connectivity index (χ4n) is 11.9. The van der Waals surface area contributed by atoms with Gasteiger partial charge in [-0.25, -0.2) is 14.2 Å². The molecule has 2 heterocycles. The first-order chi connectivity index (χ1) is 45.6. The normalized spacial score (nSPS) is 22.6. The molecule has 21 heteroatoms. The summed E-state index contributed by atoms with van der Waals surface area (Å²) in [5.74, 6) is -1.76. The number of aliphatic carboxylic acids is 1. The van der Waals surface area contributed by atoms with Crippen LogP contribution in [-0.4, -0.2) is 157 Å². The summed E-state index contributed by atoms with van der Waals surface area (Å²) >= 11 is 0. The van der Waals surface area contributed by atoms with E-state index in [0.29, 0.717) is 32.1 Å². The zero-order chi connectivity index (χ0) is 68.7. The maximum atomic E-state index is 14.2. The van der Waals surface area contributed by atoms with Crippen molar-refractivity contribution >= 4 is 25.9 Å². The Morgan fingerprint density at radius 2 is 1.02 bits per heavy atom. The molecule has 2 fully saturated rings. The predicted octanol–water partition coefficient (Wildman–Crippen LogP) is 16.1. The third kappa shape index (κ3) is 44.9. The van der Waals surface area contributed by atoms with Gasteiger partial charge in [-0.05, 0) is 57.8 Å². The number of carboxylic acids is 1. The largest absolute Gasteiger partial charge is 0.508 e. The molecule has 12 atom stereocenters. The topological polar surface area (TPSA) is 274 Å². The zero-order valence-electron chi connectivity index (χ0n) is 59.4. The van der Waals surface area contributed by atoms with E-state index >= 15 is 0 Å². The van der Waals surface area contributed by atoms with Crippen LogP contribution in [0.5, 0.6) is 0 Å². The van der Waals surface area contributed by atoms with Crippen LogP contribution in [0.15, 0.2) is 24.8 Å². The van der Waals surface area contributed by atoms with Gasteiger partial charge in [-0.2, -0.15) is 0 Å². The number of phosphoric ester groups is 1. The number of hydrogen-bond donors (Lipinski definition) is 6. The highest BCUT2D eigenvalue weighted by molar-refractivity contribution is 7.46. The van der Waals surface area contributed by atoms with Crippen LogP contribution in [0.2, 0.25) is 0 Å². The molecular weight excluding hydrogens is 1210 g/mol. The molecule has 2 aliphatic rings. The van der Waals surface area contributed by atoms with E-state index in [0.717, 1.165) is 128 Å². The SMILES string of the molecule is [2H]C(CCCCCCCCCCCCC)O[C@H]1C(OCC(=O)O)O[C@H](CO[C@@H]2O[C@H](COC(=O)OCC=C)[C@@H](OP(=O)(O)O)[C@H](OCC[C@H](O)CCCCCCC)[C@H]2NC(=O)CCCCCCCCC/C=C\CCCCCC)[C@@H](O)[C@@H]1OCCCCCCCCCCCC. The lowest BCUT2D eigenvalue weighted by atomic mass is 9.95. The summed E-state index contributed by atoms with van der Waals surface area (Å²) in [5.41, 5.74) is 0. The van der Waals surface area contributed by atoms with Crippen LogP contribution in [0.1, 0.15) is 305 Å². The molecule has 2 aliphatic heterocycles. The first-order valence-electron chi connectivity index (χ1n) is 37.7. The highest BCUT2D eigenvalue weighted by Gasteiger charge is 2.53. The highest BCUT2D eigenvalue weighted by atomic mass is 31.2. The van der Waals surface area contributed by atoms with Gasteiger partial charge in [0.25, 0.3) is 0 Å².